The molecule has 1 rings (SSSR count). The van der Waals surface area contributed by atoms with Crippen molar-refractivity contribution in [2.24, 2.45) is 0 Å². The quantitative estimate of drug-likeness (QED) is 0.300. The second kappa shape index (κ2) is 5.25. The predicted molar refractivity (Wildman–Crippen MR) is 44.1 cm³/mol. The Kier molecular flexibility index (Phi) is 4.62. The van der Waals surface area contributed by atoms with E-state index in [2.05, 4.69) is 0 Å². The maximum Gasteiger partial charge on any atom is 1.00 e. The monoisotopic (exact) mass is 218 g/mol. The van der Waals surface area contributed by atoms with Crippen molar-refractivity contribution in [3.05, 3.63) is 44.0 Å². The van der Waals surface area contributed by atoms with E-state index in [0.29, 0.717) is 18.2 Å². The number of carboxylic acid groups (broad SMARTS) is 1. The zero-order valence-corrected chi connectivity index (χ0v) is 8.08. The summed E-state index contributed by atoms with van der Waals surface area (Å²) in [6.07, 6.45) is 0. The molecule has 1 aromatic carbocycles. The van der Waals surface area contributed by atoms with Gasteiger partial charge in [0.2, 0.25) is 0 Å². The number of non-ortho nitro benzene ring substituents is 2. The second-order valence-electron chi connectivity index (χ2n) is 2.54. The zero-order chi connectivity index (χ0) is 11.6. The van der Waals surface area contributed by atoms with Crippen LogP contribution in [0.5, 0.6) is 0 Å². The van der Waals surface area contributed by atoms with E-state index in [1.54, 1.807) is 0 Å². The van der Waals surface area contributed by atoms with Crippen molar-refractivity contribution in [2.75, 3.05) is 0 Å². The molecular weight excluding hydrogens is 215 g/mol. The molecule has 0 fully saturated rings. The van der Waals surface area contributed by atoms with Crippen molar-refractivity contribution in [3.8, 4) is 0 Å². The average molecular weight is 218 g/mol. The Labute approximate surface area is 100 Å². The molecule has 0 aliphatic rings. The summed E-state index contributed by atoms with van der Waals surface area (Å²) in [5, 5.41) is 31.0. The van der Waals surface area contributed by atoms with Crippen LogP contribution in [0.25, 0.3) is 0 Å². The van der Waals surface area contributed by atoms with Crippen LogP contribution in [-0.2, 0) is 0 Å². The first-order valence-corrected chi connectivity index (χ1v) is 3.57. The summed E-state index contributed by atoms with van der Waals surface area (Å²) in [5.41, 5.74) is -1.93. The predicted octanol–water partition coefficient (Wildman–Crippen LogP) is -3.13. The Bertz CT molecular complexity index is 381. The molecule has 0 radical (unpaired) electrons. The van der Waals surface area contributed by atoms with Crippen LogP contribution < -0.4 is 24.0 Å². The maximum absolute atomic E-state index is 10.4. The summed E-state index contributed by atoms with van der Waals surface area (Å²) in [4.78, 5) is 29.2. The molecule has 16 heavy (non-hydrogen) atoms. The van der Waals surface area contributed by atoms with E-state index in [1.165, 1.54) is 0 Å². The Morgan fingerprint density at radius 1 is 1.00 bits per heavy atom. The van der Waals surface area contributed by atoms with Crippen LogP contribution in [-0.4, -0.2) is 15.8 Å². The topological polar surface area (TPSA) is 126 Å². The molecule has 8 nitrogen and oxygen atoms in total. The minimum atomic E-state index is -1.71. The van der Waals surface area contributed by atoms with Crippen molar-refractivity contribution in [1.29, 1.82) is 0 Å². The molecular formula is C7H3LiN2O6. The Balaban J connectivity index is 0.00000225. The number of nitro benzene ring substituents is 2. The molecule has 0 amide bonds. The van der Waals surface area contributed by atoms with Gasteiger partial charge in [-0.15, -0.1) is 0 Å². The van der Waals surface area contributed by atoms with E-state index < -0.39 is 32.8 Å². The molecule has 0 spiro atoms. The van der Waals surface area contributed by atoms with E-state index in [9.17, 15) is 30.1 Å². The largest absolute Gasteiger partial charge is 1.00 e. The van der Waals surface area contributed by atoms with Gasteiger partial charge in [0.15, 0.2) is 0 Å². The third kappa shape index (κ3) is 3.05. The van der Waals surface area contributed by atoms with Gasteiger partial charge in [-0.25, -0.2) is 0 Å². The summed E-state index contributed by atoms with van der Waals surface area (Å²) < 4.78 is 0. The average Bonchev–Trinajstić information content (AvgIpc) is 2.16. The molecule has 0 saturated heterocycles. The van der Waals surface area contributed by atoms with Crippen molar-refractivity contribution >= 4 is 17.3 Å². The maximum atomic E-state index is 10.4. The van der Waals surface area contributed by atoms with Crippen molar-refractivity contribution < 1.29 is 38.6 Å². The zero-order valence-electron chi connectivity index (χ0n) is 8.08. The summed E-state index contributed by atoms with van der Waals surface area (Å²) in [6, 6.07) is 2.07. The number of nitrogens with zero attached hydrogens (tertiary/aromatic N) is 2. The SMILES string of the molecule is O=C([O-])c1cc([N+](=O)[O-])cc([N+](=O)[O-])c1.[Li+]. The van der Waals surface area contributed by atoms with Gasteiger partial charge < -0.3 is 9.90 Å². The molecule has 0 atom stereocenters. The summed E-state index contributed by atoms with van der Waals surface area (Å²) in [7, 11) is 0. The van der Waals surface area contributed by atoms with Gasteiger partial charge in [-0.1, -0.05) is 0 Å². The van der Waals surface area contributed by atoms with Crippen LogP contribution in [0.15, 0.2) is 18.2 Å². The molecule has 1 aromatic rings. The van der Waals surface area contributed by atoms with E-state index in [0.717, 1.165) is 0 Å². The number of hydrogen-bond acceptors (Lipinski definition) is 6. The third-order valence-corrected chi connectivity index (χ3v) is 1.56. The summed E-state index contributed by atoms with van der Waals surface area (Å²) in [5.74, 6) is -1.71. The van der Waals surface area contributed by atoms with Gasteiger partial charge in [0.25, 0.3) is 11.4 Å². The fourth-order valence-electron chi connectivity index (χ4n) is 0.924. The molecule has 78 valence electrons. The van der Waals surface area contributed by atoms with Gasteiger partial charge >= 0.3 is 18.9 Å². The standard InChI is InChI=1S/C7H4N2O6.Li/c10-7(11)4-1-5(8(12)13)3-6(2-4)9(14)15;/h1-3H,(H,10,11);/q;+1/p-1. The van der Waals surface area contributed by atoms with Gasteiger partial charge in [0.1, 0.15) is 0 Å². The molecule has 0 N–H and O–H groups in total. The van der Waals surface area contributed by atoms with Crippen LogP contribution in [0.4, 0.5) is 11.4 Å². The Morgan fingerprint density at radius 3 is 1.62 bits per heavy atom. The van der Waals surface area contributed by atoms with Crippen LogP contribution in [0.3, 0.4) is 0 Å². The Morgan fingerprint density at radius 2 is 1.38 bits per heavy atom. The van der Waals surface area contributed by atoms with Gasteiger partial charge in [0, 0.05) is 17.7 Å². The van der Waals surface area contributed by atoms with Crippen molar-refractivity contribution in [3.63, 3.8) is 0 Å². The van der Waals surface area contributed by atoms with E-state index in [1.807, 2.05) is 0 Å². The molecule has 9 heteroatoms. The summed E-state index contributed by atoms with van der Waals surface area (Å²) in [6.45, 7) is 0. The van der Waals surface area contributed by atoms with Crippen LogP contribution in [0.1, 0.15) is 10.4 Å². The molecule has 0 bridgehead atoms. The number of rotatable bonds is 3. The van der Waals surface area contributed by atoms with Crippen molar-refractivity contribution in [2.45, 2.75) is 0 Å². The van der Waals surface area contributed by atoms with Crippen LogP contribution in [0.2, 0.25) is 0 Å². The van der Waals surface area contributed by atoms with Crippen molar-refractivity contribution in [1.82, 2.24) is 0 Å². The minimum absolute atomic E-state index is 0. The molecule has 0 aliphatic heterocycles. The molecule has 0 aromatic heterocycles. The molecule has 0 heterocycles. The smallest absolute Gasteiger partial charge is 0.545 e. The molecule has 0 aliphatic carbocycles. The fourth-order valence-corrected chi connectivity index (χ4v) is 0.924. The van der Waals surface area contributed by atoms with Gasteiger partial charge in [-0.3, -0.25) is 20.2 Å². The van der Waals surface area contributed by atoms with Gasteiger partial charge in [-0.05, 0) is 0 Å². The first-order valence-electron chi connectivity index (χ1n) is 3.57. The summed E-state index contributed by atoms with van der Waals surface area (Å²) >= 11 is 0. The number of hydrogen-bond donors (Lipinski definition) is 0. The van der Waals surface area contributed by atoms with Gasteiger partial charge in [-0.2, -0.15) is 0 Å². The molecule has 0 saturated carbocycles. The minimum Gasteiger partial charge on any atom is -0.545 e. The van der Waals surface area contributed by atoms with Crippen LogP contribution >= 0.6 is 0 Å². The second-order valence-corrected chi connectivity index (χ2v) is 2.54. The number of carboxylic acids is 1. The first kappa shape index (κ1) is 14.1. The van der Waals surface area contributed by atoms with E-state index >= 15 is 0 Å². The fraction of sp³-hybridized carbons (Fsp3) is 0. The number of aromatic carboxylic acids is 1. The van der Waals surface area contributed by atoms with E-state index in [-0.39, 0.29) is 18.9 Å². The molecule has 0 unspecified atom stereocenters. The Hall–Kier alpha value is -1.91. The number of carbonyl (C=O) groups excluding carboxylic acids is 1. The first-order chi connectivity index (χ1) is 6.91. The van der Waals surface area contributed by atoms with Crippen LogP contribution in [0, 0.1) is 20.2 Å². The number of nitro groups is 2. The number of benzene rings is 1. The van der Waals surface area contributed by atoms with E-state index in [4.69, 9.17) is 0 Å². The normalized spacial score (nSPS) is 9.00. The van der Waals surface area contributed by atoms with Gasteiger partial charge in [0.05, 0.1) is 21.9 Å². The third-order valence-electron chi connectivity index (χ3n) is 1.56. The number of carbonyl (C=O) groups is 1.